The van der Waals surface area contributed by atoms with Crippen molar-refractivity contribution in [1.82, 2.24) is 0 Å². The van der Waals surface area contributed by atoms with Crippen molar-refractivity contribution in [3.63, 3.8) is 0 Å². The molecule has 0 bridgehead atoms. The van der Waals surface area contributed by atoms with Gasteiger partial charge >= 0.3 is 0 Å². The fourth-order valence-electron chi connectivity index (χ4n) is 10.7. The predicted octanol–water partition coefficient (Wildman–Crippen LogP) is 16.1. The maximum Gasteiger partial charge on any atom is 0.0547 e. The molecule has 0 N–H and O–H groups in total. The van der Waals surface area contributed by atoms with Crippen LogP contribution in [-0.4, -0.2) is 0 Å². The Kier molecular flexibility index (Phi) is 6.97. The Balaban J connectivity index is 1.20. The first-order chi connectivity index (χ1) is 28.3. The molecular weight excluding hydrogens is 719 g/mol. The highest BCUT2D eigenvalue weighted by Crippen LogP contribution is 2.56. The van der Waals surface area contributed by atoms with Gasteiger partial charge in [0.15, 0.2) is 0 Å². The smallest absolute Gasteiger partial charge is 0.0547 e. The van der Waals surface area contributed by atoms with Crippen molar-refractivity contribution in [3.05, 3.63) is 198 Å². The molecule has 0 fully saturated rings. The van der Waals surface area contributed by atoms with E-state index in [4.69, 9.17) is 0 Å². The van der Waals surface area contributed by atoms with Crippen molar-refractivity contribution in [1.29, 1.82) is 0 Å². The topological polar surface area (TPSA) is 3.24 Å². The van der Waals surface area contributed by atoms with Gasteiger partial charge in [-0.2, -0.15) is 0 Å². The third-order valence-electron chi connectivity index (χ3n) is 13.4. The maximum atomic E-state index is 2.56. The Morgan fingerprint density at radius 3 is 1.48 bits per heavy atom. The van der Waals surface area contributed by atoms with E-state index < -0.39 is 0 Å². The summed E-state index contributed by atoms with van der Waals surface area (Å²) in [7, 11) is 0. The van der Waals surface area contributed by atoms with Crippen molar-refractivity contribution in [2.24, 2.45) is 0 Å². The Bertz CT molecular complexity index is 3240. The zero-order valence-corrected chi connectivity index (χ0v) is 33.9. The molecule has 0 saturated carbocycles. The molecule has 2 aliphatic carbocycles. The van der Waals surface area contributed by atoms with E-state index in [1.165, 1.54) is 114 Å². The Hall–Kier alpha value is -6.48. The lowest BCUT2D eigenvalue weighted by Crippen LogP contribution is -2.18. The first kappa shape index (κ1) is 33.6. The van der Waals surface area contributed by atoms with Crippen LogP contribution in [0, 0.1) is 0 Å². The minimum absolute atomic E-state index is 0.134. The van der Waals surface area contributed by atoms with Crippen LogP contribution in [0.1, 0.15) is 49.9 Å². The summed E-state index contributed by atoms with van der Waals surface area (Å²) in [6, 6.07) is 66.2. The first-order valence-electron chi connectivity index (χ1n) is 20.4. The molecule has 1 nitrogen and oxygen atoms in total. The van der Waals surface area contributed by atoms with Gasteiger partial charge in [-0.05, 0) is 103 Å². The number of benzene rings is 9. The monoisotopic (exact) mass is 759 g/mol. The van der Waals surface area contributed by atoms with E-state index in [1.54, 1.807) is 0 Å². The van der Waals surface area contributed by atoms with Crippen molar-refractivity contribution in [3.8, 4) is 33.4 Å². The molecule has 0 radical (unpaired) electrons. The van der Waals surface area contributed by atoms with Crippen molar-refractivity contribution in [2.75, 3.05) is 4.90 Å². The van der Waals surface area contributed by atoms with Crippen LogP contribution >= 0.6 is 11.3 Å². The molecule has 0 amide bonds. The van der Waals surface area contributed by atoms with Gasteiger partial charge in [-0.15, -0.1) is 11.3 Å². The summed E-state index contributed by atoms with van der Waals surface area (Å²) >= 11 is 1.93. The summed E-state index contributed by atoms with van der Waals surface area (Å²) in [4.78, 5) is 2.56. The quantitative estimate of drug-likeness (QED) is 0.162. The SMILES string of the molecule is CC1(C)c2ccccc2-c2ccc(N(c3ccc4c(c3)C(C)(C)c3ccccc3-4)c3ccc4sc5c6ccccc6c6ccccc6c5c4c3-c3ccccc3)cc21. The molecular formula is C56H41NS. The Labute approximate surface area is 343 Å². The van der Waals surface area contributed by atoms with E-state index >= 15 is 0 Å². The highest BCUT2D eigenvalue weighted by atomic mass is 32.1. The molecule has 0 unspecified atom stereocenters. The molecule has 2 aliphatic rings. The molecule has 12 rings (SSSR count). The van der Waals surface area contributed by atoms with Gasteiger partial charge in [-0.25, -0.2) is 0 Å². The summed E-state index contributed by atoms with van der Waals surface area (Å²) in [5, 5.41) is 7.88. The van der Waals surface area contributed by atoms with Crippen LogP contribution in [0.4, 0.5) is 17.1 Å². The summed E-state index contributed by atoms with van der Waals surface area (Å²) in [6.45, 7) is 9.54. The number of nitrogens with zero attached hydrogens (tertiary/aromatic N) is 1. The fourth-order valence-corrected chi connectivity index (χ4v) is 11.9. The fraction of sp³-hybridized carbons (Fsp3) is 0.107. The number of hydrogen-bond donors (Lipinski definition) is 0. The van der Waals surface area contributed by atoms with Crippen molar-refractivity contribution in [2.45, 2.75) is 38.5 Å². The molecule has 276 valence electrons. The molecule has 9 aromatic carbocycles. The van der Waals surface area contributed by atoms with E-state index in [-0.39, 0.29) is 10.8 Å². The Morgan fingerprint density at radius 2 is 0.879 bits per heavy atom. The molecule has 10 aromatic rings. The van der Waals surface area contributed by atoms with Gasteiger partial charge in [0.05, 0.1) is 5.69 Å². The third kappa shape index (κ3) is 4.52. The molecule has 0 saturated heterocycles. The number of hydrogen-bond acceptors (Lipinski definition) is 2. The Morgan fingerprint density at radius 1 is 0.397 bits per heavy atom. The average molecular weight is 760 g/mol. The lowest BCUT2D eigenvalue weighted by atomic mass is 9.82. The zero-order valence-electron chi connectivity index (χ0n) is 33.1. The van der Waals surface area contributed by atoms with Gasteiger partial charge in [-0.3, -0.25) is 0 Å². The van der Waals surface area contributed by atoms with E-state index in [0.29, 0.717) is 0 Å². The second-order valence-electron chi connectivity index (χ2n) is 17.2. The van der Waals surface area contributed by atoms with Gasteiger partial charge in [0.25, 0.3) is 0 Å². The number of rotatable bonds is 4. The summed E-state index contributed by atoms with van der Waals surface area (Å²) in [5.41, 5.74) is 16.6. The molecule has 0 aliphatic heterocycles. The average Bonchev–Trinajstić information content (AvgIpc) is 3.85. The number of thiophene rings is 1. The molecule has 58 heavy (non-hydrogen) atoms. The molecule has 0 atom stereocenters. The molecule has 0 spiro atoms. The normalized spacial score (nSPS) is 14.5. The van der Waals surface area contributed by atoms with E-state index in [9.17, 15) is 0 Å². The van der Waals surface area contributed by atoms with Gasteiger partial charge < -0.3 is 4.90 Å². The van der Waals surface area contributed by atoms with Crippen LogP contribution < -0.4 is 4.90 Å². The van der Waals surface area contributed by atoms with Crippen LogP contribution in [0.15, 0.2) is 176 Å². The number of fused-ring (bicyclic) bond motifs is 14. The second kappa shape index (κ2) is 12.0. The van der Waals surface area contributed by atoms with E-state index in [2.05, 4.69) is 209 Å². The van der Waals surface area contributed by atoms with E-state index in [0.717, 1.165) is 0 Å². The maximum absolute atomic E-state index is 2.56. The van der Waals surface area contributed by atoms with Crippen molar-refractivity contribution >= 4 is 70.1 Å². The van der Waals surface area contributed by atoms with Gasteiger partial charge in [0, 0.05) is 53.3 Å². The van der Waals surface area contributed by atoms with Gasteiger partial charge in [0.2, 0.25) is 0 Å². The summed E-state index contributed by atoms with van der Waals surface area (Å²) < 4.78 is 2.65. The molecule has 2 heteroatoms. The van der Waals surface area contributed by atoms with Gasteiger partial charge in [0.1, 0.15) is 0 Å². The van der Waals surface area contributed by atoms with E-state index in [1.807, 2.05) is 11.3 Å². The van der Waals surface area contributed by atoms with Crippen LogP contribution in [0.5, 0.6) is 0 Å². The summed E-state index contributed by atoms with van der Waals surface area (Å²) in [6.07, 6.45) is 0. The molecule has 1 heterocycles. The lowest BCUT2D eigenvalue weighted by molar-refractivity contribution is 0.660. The van der Waals surface area contributed by atoms with Crippen LogP contribution in [0.3, 0.4) is 0 Å². The largest absolute Gasteiger partial charge is 0.310 e. The lowest BCUT2D eigenvalue weighted by Gasteiger charge is -2.31. The first-order valence-corrected chi connectivity index (χ1v) is 21.3. The van der Waals surface area contributed by atoms with Crippen molar-refractivity contribution < 1.29 is 0 Å². The third-order valence-corrected chi connectivity index (χ3v) is 14.6. The van der Waals surface area contributed by atoms with Crippen LogP contribution in [0.25, 0.3) is 75.1 Å². The minimum Gasteiger partial charge on any atom is -0.310 e. The minimum atomic E-state index is -0.134. The van der Waals surface area contributed by atoms with Crippen LogP contribution in [-0.2, 0) is 10.8 Å². The summed E-state index contributed by atoms with van der Waals surface area (Å²) in [5.74, 6) is 0. The van der Waals surface area contributed by atoms with Gasteiger partial charge in [-0.1, -0.05) is 167 Å². The predicted molar refractivity (Wildman–Crippen MR) is 250 cm³/mol. The van der Waals surface area contributed by atoms with Crippen LogP contribution in [0.2, 0.25) is 0 Å². The highest BCUT2D eigenvalue weighted by molar-refractivity contribution is 7.27. The highest BCUT2D eigenvalue weighted by Gasteiger charge is 2.38. The zero-order chi connectivity index (χ0) is 38.9. The standard InChI is InChI=1S/C56H41NS/c1-55(2)45-24-14-12-20-39(45)41-28-26-35(32-47(41)55)57(36-27-29-42-40-21-13-15-25-46(40)56(3,4)48(42)33-36)49-30-31-50-53(51(49)34-16-6-5-7-17-34)52-43-22-10-8-18-37(43)38-19-9-11-23-44(38)54(52)58-50/h5-33H,1-4H3. The second-order valence-corrected chi connectivity index (χ2v) is 18.3. The molecule has 1 aromatic heterocycles. The number of anilines is 3.